The van der Waals surface area contributed by atoms with Crippen LogP contribution < -0.4 is 20.7 Å². The zero-order valence-electron chi connectivity index (χ0n) is 21.3. The van der Waals surface area contributed by atoms with E-state index >= 15 is 0 Å². The highest BCUT2D eigenvalue weighted by Crippen LogP contribution is 2.42. The third kappa shape index (κ3) is 6.08. The molecule has 1 aromatic carbocycles. The van der Waals surface area contributed by atoms with E-state index in [1.807, 2.05) is 28.9 Å². The number of pyridine rings is 1. The Kier molecular flexibility index (Phi) is 6.99. The van der Waals surface area contributed by atoms with Crippen molar-refractivity contribution in [3.8, 4) is 17.0 Å². The summed E-state index contributed by atoms with van der Waals surface area (Å²) in [7, 11) is 0. The molecule has 3 aromatic heterocycles. The van der Waals surface area contributed by atoms with Crippen molar-refractivity contribution in [1.29, 1.82) is 0 Å². The second-order valence-corrected chi connectivity index (χ2v) is 10.2. The number of aromatic nitrogens is 4. The zero-order chi connectivity index (χ0) is 26.8. The van der Waals surface area contributed by atoms with E-state index in [2.05, 4.69) is 30.8 Å². The average Bonchev–Trinajstić information content (AvgIpc) is 3.69. The van der Waals surface area contributed by atoms with Gasteiger partial charge in [-0.15, -0.1) is 13.2 Å². The molecular formula is C28H30F3N7O. The Morgan fingerprint density at radius 2 is 1.82 bits per heavy atom. The number of nitrogens with zero attached hydrogens (tertiary/aromatic N) is 4. The van der Waals surface area contributed by atoms with Crippen LogP contribution in [0.1, 0.15) is 42.7 Å². The fourth-order valence-corrected chi connectivity index (χ4v) is 5.00. The molecule has 0 radical (unpaired) electrons. The van der Waals surface area contributed by atoms with E-state index < -0.39 is 6.36 Å². The Bertz CT molecular complexity index is 1430. The van der Waals surface area contributed by atoms with Crippen LogP contribution in [0.25, 0.3) is 16.9 Å². The molecule has 1 saturated heterocycles. The first-order valence-electron chi connectivity index (χ1n) is 13.3. The highest BCUT2D eigenvalue weighted by atomic mass is 19.4. The quantitative estimate of drug-likeness (QED) is 0.257. The topological polar surface area (TPSA) is 88.4 Å². The van der Waals surface area contributed by atoms with Gasteiger partial charge >= 0.3 is 6.36 Å². The molecule has 1 saturated carbocycles. The lowest BCUT2D eigenvalue weighted by molar-refractivity contribution is -0.274. The lowest BCUT2D eigenvalue weighted by Crippen LogP contribution is -2.31. The molecule has 2 fully saturated rings. The molecule has 204 valence electrons. The Balaban J connectivity index is 1.19. The lowest BCUT2D eigenvalue weighted by atomic mass is 9.98. The van der Waals surface area contributed by atoms with E-state index in [1.54, 1.807) is 12.1 Å². The Morgan fingerprint density at radius 1 is 1.03 bits per heavy atom. The van der Waals surface area contributed by atoms with Crippen molar-refractivity contribution in [2.75, 3.05) is 30.3 Å². The summed E-state index contributed by atoms with van der Waals surface area (Å²) in [5.74, 6) is 2.47. The first kappa shape index (κ1) is 25.4. The molecule has 0 amide bonds. The van der Waals surface area contributed by atoms with E-state index in [0.717, 1.165) is 68.2 Å². The number of halogens is 3. The summed E-state index contributed by atoms with van der Waals surface area (Å²) >= 11 is 0. The SMILES string of the molecule is FC(F)(F)Oc1cccnc1-c1ccc(CNc2cc(NCC3CCNCC3)nc3c(C4CC4)cnn23)cc1. The number of nitrogens with one attached hydrogen (secondary N) is 3. The van der Waals surface area contributed by atoms with Gasteiger partial charge in [-0.25, -0.2) is 4.98 Å². The highest BCUT2D eigenvalue weighted by molar-refractivity contribution is 5.66. The summed E-state index contributed by atoms with van der Waals surface area (Å²) < 4.78 is 44.5. The van der Waals surface area contributed by atoms with Gasteiger partial charge in [-0.2, -0.15) is 9.61 Å². The molecule has 6 rings (SSSR count). The van der Waals surface area contributed by atoms with Crippen LogP contribution in [0.3, 0.4) is 0 Å². The second kappa shape index (κ2) is 10.7. The number of alkyl halides is 3. The smallest absolute Gasteiger partial charge is 0.403 e. The van der Waals surface area contributed by atoms with Crippen LogP contribution >= 0.6 is 0 Å². The second-order valence-electron chi connectivity index (χ2n) is 10.2. The molecule has 8 nitrogen and oxygen atoms in total. The number of fused-ring (bicyclic) bond motifs is 1. The van der Waals surface area contributed by atoms with E-state index in [0.29, 0.717) is 23.9 Å². The third-order valence-electron chi connectivity index (χ3n) is 7.24. The third-order valence-corrected chi connectivity index (χ3v) is 7.24. The van der Waals surface area contributed by atoms with Crippen molar-refractivity contribution in [2.24, 2.45) is 5.92 Å². The van der Waals surface area contributed by atoms with Crippen LogP contribution in [0.4, 0.5) is 24.8 Å². The molecule has 4 aromatic rings. The molecule has 1 aliphatic carbocycles. The molecule has 2 aliphatic rings. The minimum atomic E-state index is -4.79. The monoisotopic (exact) mass is 537 g/mol. The molecule has 1 aliphatic heterocycles. The fraction of sp³-hybridized carbons (Fsp3) is 0.393. The zero-order valence-corrected chi connectivity index (χ0v) is 21.3. The number of ether oxygens (including phenoxy) is 1. The van der Waals surface area contributed by atoms with Crippen molar-refractivity contribution in [3.05, 3.63) is 66.0 Å². The Hall–Kier alpha value is -3.86. The minimum absolute atomic E-state index is 0.138. The predicted molar refractivity (Wildman–Crippen MR) is 143 cm³/mol. The number of hydrogen-bond acceptors (Lipinski definition) is 7. The van der Waals surface area contributed by atoms with E-state index in [1.165, 1.54) is 23.9 Å². The summed E-state index contributed by atoms with van der Waals surface area (Å²) in [5, 5.41) is 15.1. The van der Waals surface area contributed by atoms with Crippen LogP contribution in [0.15, 0.2) is 54.9 Å². The van der Waals surface area contributed by atoms with Gasteiger partial charge in [0.05, 0.1) is 6.20 Å². The molecule has 3 N–H and O–H groups in total. The maximum Gasteiger partial charge on any atom is 0.573 e. The van der Waals surface area contributed by atoms with Crippen molar-refractivity contribution >= 4 is 17.3 Å². The van der Waals surface area contributed by atoms with Gasteiger partial charge in [0.1, 0.15) is 17.3 Å². The average molecular weight is 538 g/mol. The largest absolute Gasteiger partial charge is 0.573 e. The molecule has 0 bridgehead atoms. The molecular weight excluding hydrogens is 507 g/mol. The van der Waals surface area contributed by atoms with Crippen molar-refractivity contribution in [3.63, 3.8) is 0 Å². The van der Waals surface area contributed by atoms with Gasteiger partial charge in [0, 0.05) is 36.5 Å². The summed E-state index contributed by atoms with van der Waals surface area (Å²) in [5.41, 5.74) is 3.68. The first-order chi connectivity index (χ1) is 18.9. The number of anilines is 2. The predicted octanol–water partition coefficient (Wildman–Crippen LogP) is 5.59. The van der Waals surface area contributed by atoms with Gasteiger partial charge in [0.15, 0.2) is 11.4 Å². The van der Waals surface area contributed by atoms with Crippen LogP contribution in [0, 0.1) is 5.92 Å². The van der Waals surface area contributed by atoms with Crippen molar-refractivity contribution in [1.82, 2.24) is 24.9 Å². The Morgan fingerprint density at radius 3 is 2.56 bits per heavy atom. The van der Waals surface area contributed by atoms with Crippen LogP contribution in [-0.4, -0.2) is 45.6 Å². The van der Waals surface area contributed by atoms with E-state index in [9.17, 15) is 13.2 Å². The van der Waals surface area contributed by atoms with Crippen LogP contribution in [-0.2, 0) is 6.54 Å². The van der Waals surface area contributed by atoms with E-state index in [-0.39, 0.29) is 11.4 Å². The summed E-state index contributed by atoms with van der Waals surface area (Å²) in [6, 6.07) is 11.9. The van der Waals surface area contributed by atoms with Gasteiger partial charge in [-0.3, -0.25) is 4.98 Å². The van der Waals surface area contributed by atoms with Crippen molar-refractivity contribution < 1.29 is 17.9 Å². The normalized spacial score (nSPS) is 16.4. The summed E-state index contributed by atoms with van der Waals surface area (Å²) in [6.07, 6.45) is 3.21. The van der Waals surface area contributed by atoms with Gasteiger partial charge in [0.2, 0.25) is 0 Å². The Labute approximate surface area is 224 Å². The molecule has 39 heavy (non-hydrogen) atoms. The molecule has 0 atom stereocenters. The van der Waals surface area contributed by atoms with Crippen LogP contribution in [0.5, 0.6) is 5.75 Å². The molecule has 0 unspecified atom stereocenters. The number of benzene rings is 1. The van der Waals surface area contributed by atoms with Gasteiger partial charge in [-0.05, 0) is 68.3 Å². The van der Waals surface area contributed by atoms with Crippen molar-refractivity contribution in [2.45, 2.75) is 44.5 Å². The van der Waals surface area contributed by atoms with Gasteiger partial charge in [0.25, 0.3) is 0 Å². The first-order valence-corrected chi connectivity index (χ1v) is 13.3. The summed E-state index contributed by atoms with van der Waals surface area (Å²) in [6.45, 7) is 3.48. The number of rotatable bonds is 9. The van der Waals surface area contributed by atoms with Gasteiger partial charge in [-0.1, -0.05) is 24.3 Å². The standard InChI is InChI=1S/C28H30F3N7O/c29-28(30,31)39-23-2-1-11-33-26(23)21-5-3-18(4-6-21)16-35-25-14-24(34-15-19-9-12-32-13-10-19)37-27-22(20-7-8-20)17-36-38(25)27/h1-6,11,14,17,19-20,32,35H,7-10,12-13,15-16H2,(H,34,37). The maximum atomic E-state index is 12.8. The minimum Gasteiger partial charge on any atom is -0.403 e. The highest BCUT2D eigenvalue weighted by Gasteiger charge is 2.32. The van der Waals surface area contributed by atoms with Gasteiger partial charge < -0.3 is 20.7 Å². The molecule has 0 spiro atoms. The van der Waals surface area contributed by atoms with E-state index in [4.69, 9.17) is 4.98 Å². The lowest BCUT2D eigenvalue weighted by Gasteiger charge is -2.23. The number of hydrogen-bond donors (Lipinski definition) is 3. The number of piperidine rings is 1. The molecule has 11 heteroatoms. The fourth-order valence-electron chi connectivity index (χ4n) is 5.00. The molecule has 4 heterocycles. The van der Waals surface area contributed by atoms with Crippen LogP contribution in [0.2, 0.25) is 0 Å². The maximum absolute atomic E-state index is 12.8. The summed E-state index contributed by atoms with van der Waals surface area (Å²) in [4.78, 5) is 9.01.